The van der Waals surface area contributed by atoms with Crippen LogP contribution in [0.1, 0.15) is 5.69 Å². The minimum absolute atomic E-state index is 0.325. The Bertz CT molecular complexity index is 1010. The Morgan fingerprint density at radius 3 is 2.39 bits per heavy atom. The number of aromatic amines is 2. The molecule has 4 N–H and O–H groups in total. The van der Waals surface area contributed by atoms with Crippen LogP contribution in [0.25, 0.3) is 33.3 Å². The monoisotopic (exact) mass is 306 g/mol. The Hall–Kier alpha value is -3.08. The molecule has 0 amide bonds. The second-order valence-corrected chi connectivity index (χ2v) is 5.60. The van der Waals surface area contributed by atoms with Crippen molar-refractivity contribution in [2.24, 2.45) is 0 Å². The first-order chi connectivity index (χ1) is 11.1. The number of fused-ring (bicyclic) bond motifs is 1. The molecule has 0 spiro atoms. The average Bonchev–Trinajstić information content (AvgIpc) is 3.16. The van der Waals surface area contributed by atoms with Crippen LogP contribution in [-0.4, -0.2) is 15.0 Å². The minimum atomic E-state index is -0.325. The molecule has 0 saturated heterocycles. The predicted octanol–water partition coefficient (Wildman–Crippen LogP) is 4.25. The lowest BCUT2D eigenvalue weighted by atomic mass is 9.97. The summed E-state index contributed by atoms with van der Waals surface area (Å²) in [6.45, 7) is 1.96. The molecule has 0 unspecified atom stereocenters. The maximum Gasteiger partial charge on any atom is 0.138 e. The molecule has 0 bridgehead atoms. The molecule has 0 radical (unpaired) electrons. The van der Waals surface area contributed by atoms with Crippen LogP contribution in [0, 0.1) is 12.7 Å². The van der Waals surface area contributed by atoms with Gasteiger partial charge in [0.15, 0.2) is 0 Å². The molecule has 23 heavy (non-hydrogen) atoms. The molecular formula is C18H15FN4. The molecule has 0 saturated carbocycles. The van der Waals surface area contributed by atoms with E-state index in [2.05, 4.69) is 15.0 Å². The van der Waals surface area contributed by atoms with Crippen molar-refractivity contribution in [3.8, 4) is 22.5 Å². The van der Waals surface area contributed by atoms with E-state index >= 15 is 0 Å². The minimum Gasteiger partial charge on any atom is -0.399 e. The van der Waals surface area contributed by atoms with E-state index in [4.69, 9.17) is 5.73 Å². The van der Waals surface area contributed by atoms with Crippen molar-refractivity contribution in [3.63, 3.8) is 0 Å². The van der Waals surface area contributed by atoms with Crippen LogP contribution in [-0.2, 0) is 0 Å². The number of anilines is 1. The zero-order valence-electron chi connectivity index (χ0n) is 12.5. The van der Waals surface area contributed by atoms with Crippen molar-refractivity contribution in [2.75, 3.05) is 5.73 Å². The zero-order chi connectivity index (χ0) is 16.0. The second-order valence-electron chi connectivity index (χ2n) is 5.60. The Balaban J connectivity index is 1.95. The van der Waals surface area contributed by atoms with Gasteiger partial charge in [0.25, 0.3) is 0 Å². The highest BCUT2D eigenvalue weighted by atomic mass is 19.1. The molecule has 0 atom stereocenters. The number of rotatable bonds is 2. The highest BCUT2D eigenvalue weighted by Crippen LogP contribution is 2.36. The first-order valence-electron chi connectivity index (χ1n) is 7.30. The lowest BCUT2D eigenvalue weighted by Gasteiger charge is -2.08. The highest BCUT2D eigenvalue weighted by Gasteiger charge is 2.14. The highest BCUT2D eigenvalue weighted by molar-refractivity contribution is 6.04. The molecule has 4 rings (SSSR count). The Labute approximate surface area is 132 Å². The number of nitrogens with two attached hydrogens (primary N) is 1. The number of hydrogen-bond donors (Lipinski definition) is 3. The van der Waals surface area contributed by atoms with Crippen LogP contribution < -0.4 is 5.73 Å². The van der Waals surface area contributed by atoms with Crippen molar-refractivity contribution >= 4 is 16.5 Å². The zero-order valence-corrected chi connectivity index (χ0v) is 12.5. The molecule has 4 nitrogen and oxygen atoms in total. The second kappa shape index (κ2) is 4.98. The molecule has 2 aromatic carbocycles. The third kappa shape index (κ3) is 2.17. The van der Waals surface area contributed by atoms with Crippen molar-refractivity contribution < 1.29 is 4.39 Å². The number of H-pyrrole nitrogens is 2. The number of aryl methyl sites for hydroxylation is 1. The van der Waals surface area contributed by atoms with Gasteiger partial charge in [0.2, 0.25) is 0 Å². The van der Waals surface area contributed by atoms with Crippen LogP contribution in [0.15, 0.2) is 48.9 Å². The number of imidazole rings is 1. The summed E-state index contributed by atoms with van der Waals surface area (Å²) in [5.74, 6) is 0.477. The number of nitrogen functional groups attached to an aromatic ring is 1. The Kier molecular flexibility index (Phi) is 2.94. The van der Waals surface area contributed by atoms with E-state index in [0.29, 0.717) is 11.3 Å². The van der Waals surface area contributed by atoms with Gasteiger partial charge in [-0.15, -0.1) is 0 Å². The van der Waals surface area contributed by atoms with Gasteiger partial charge in [-0.3, -0.25) is 0 Å². The topological polar surface area (TPSA) is 70.5 Å². The number of benzene rings is 2. The summed E-state index contributed by atoms with van der Waals surface area (Å²) < 4.78 is 14.3. The summed E-state index contributed by atoms with van der Waals surface area (Å²) in [6.07, 6.45) is 5.57. The van der Waals surface area contributed by atoms with Gasteiger partial charge in [-0.25, -0.2) is 9.37 Å². The number of nitrogens with one attached hydrogen (secondary N) is 2. The lowest BCUT2D eigenvalue weighted by Crippen LogP contribution is -1.91. The average molecular weight is 306 g/mol. The third-order valence-corrected chi connectivity index (χ3v) is 3.98. The quantitative estimate of drug-likeness (QED) is 0.484. The van der Waals surface area contributed by atoms with Crippen LogP contribution >= 0.6 is 0 Å². The van der Waals surface area contributed by atoms with Gasteiger partial charge in [0.05, 0.1) is 0 Å². The van der Waals surface area contributed by atoms with E-state index in [1.165, 1.54) is 6.07 Å². The SMILES string of the molecule is Cc1cnc(-c2ccc(-c3ccc(N)cc3F)c3c[nH]cc23)[nH]1. The fourth-order valence-corrected chi connectivity index (χ4v) is 2.90. The number of aromatic nitrogens is 3. The molecule has 0 aliphatic carbocycles. The fourth-order valence-electron chi connectivity index (χ4n) is 2.90. The number of halogens is 1. The first kappa shape index (κ1) is 13.6. The van der Waals surface area contributed by atoms with E-state index in [1.807, 2.05) is 31.5 Å². The molecule has 114 valence electrons. The molecule has 0 aliphatic heterocycles. The molecule has 2 heterocycles. The van der Waals surface area contributed by atoms with Crippen LogP contribution in [0.3, 0.4) is 0 Å². The number of hydrogen-bond acceptors (Lipinski definition) is 2. The summed E-state index contributed by atoms with van der Waals surface area (Å²) in [6, 6.07) is 8.64. The van der Waals surface area contributed by atoms with E-state index in [9.17, 15) is 4.39 Å². The normalized spacial score (nSPS) is 11.2. The van der Waals surface area contributed by atoms with Crippen LogP contribution in [0.5, 0.6) is 0 Å². The largest absolute Gasteiger partial charge is 0.399 e. The maximum atomic E-state index is 14.3. The summed E-state index contributed by atoms with van der Waals surface area (Å²) in [4.78, 5) is 10.7. The van der Waals surface area contributed by atoms with Gasteiger partial charge in [0, 0.05) is 51.9 Å². The molecule has 5 heteroatoms. The smallest absolute Gasteiger partial charge is 0.138 e. The molecule has 0 aliphatic rings. The van der Waals surface area contributed by atoms with Crippen LogP contribution in [0.4, 0.5) is 10.1 Å². The van der Waals surface area contributed by atoms with Gasteiger partial charge in [-0.2, -0.15) is 0 Å². The van der Waals surface area contributed by atoms with Gasteiger partial charge in [-0.05, 0) is 36.8 Å². The van der Waals surface area contributed by atoms with Gasteiger partial charge < -0.3 is 15.7 Å². The summed E-state index contributed by atoms with van der Waals surface area (Å²) in [5, 5.41) is 1.94. The maximum absolute atomic E-state index is 14.3. The third-order valence-electron chi connectivity index (χ3n) is 3.98. The number of nitrogens with zero attached hydrogens (tertiary/aromatic N) is 1. The molecule has 0 fully saturated rings. The van der Waals surface area contributed by atoms with E-state index < -0.39 is 0 Å². The summed E-state index contributed by atoms with van der Waals surface area (Å²) in [7, 11) is 0. The summed E-state index contributed by atoms with van der Waals surface area (Å²) in [5.41, 5.74) is 9.39. The Morgan fingerprint density at radius 2 is 1.70 bits per heavy atom. The van der Waals surface area contributed by atoms with Crippen molar-refractivity contribution in [1.29, 1.82) is 0 Å². The predicted molar refractivity (Wildman–Crippen MR) is 90.4 cm³/mol. The van der Waals surface area contributed by atoms with Gasteiger partial charge in [-0.1, -0.05) is 6.07 Å². The van der Waals surface area contributed by atoms with Gasteiger partial charge >= 0.3 is 0 Å². The van der Waals surface area contributed by atoms with E-state index in [0.717, 1.165) is 33.4 Å². The van der Waals surface area contributed by atoms with E-state index in [-0.39, 0.29) is 5.82 Å². The van der Waals surface area contributed by atoms with Crippen molar-refractivity contribution in [1.82, 2.24) is 15.0 Å². The van der Waals surface area contributed by atoms with Crippen LogP contribution in [0.2, 0.25) is 0 Å². The molecular weight excluding hydrogens is 291 g/mol. The van der Waals surface area contributed by atoms with E-state index in [1.54, 1.807) is 18.3 Å². The van der Waals surface area contributed by atoms with Crippen molar-refractivity contribution in [3.05, 3.63) is 60.4 Å². The molecule has 4 aromatic rings. The lowest BCUT2D eigenvalue weighted by molar-refractivity contribution is 0.632. The Morgan fingerprint density at radius 1 is 1.00 bits per heavy atom. The summed E-state index contributed by atoms with van der Waals surface area (Å²) >= 11 is 0. The first-order valence-corrected chi connectivity index (χ1v) is 7.30. The van der Waals surface area contributed by atoms with Crippen molar-refractivity contribution in [2.45, 2.75) is 6.92 Å². The molecule has 2 aromatic heterocycles. The van der Waals surface area contributed by atoms with Gasteiger partial charge in [0.1, 0.15) is 11.6 Å². The fraction of sp³-hybridized carbons (Fsp3) is 0.0556. The standard InChI is InChI=1S/C18H15FN4/c1-10-7-22-18(23-10)14-5-4-12(15-8-21-9-16(14)15)13-3-2-11(20)6-17(13)19/h2-9,21H,20H2,1H3,(H,22,23).